The molecule has 0 atom stereocenters. The minimum absolute atomic E-state index is 0.133. The molecule has 20 heavy (non-hydrogen) atoms. The Bertz CT molecular complexity index is 602. The van der Waals surface area contributed by atoms with E-state index in [2.05, 4.69) is 4.98 Å². The van der Waals surface area contributed by atoms with Crippen LogP contribution in [0.2, 0.25) is 10.0 Å². The van der Waals surface area contributed by atoms with Crippen molar-refractivity contribution in [3.63, 3.8) is 0 Å². The molecule has 0 aliphatic heterocycles. The number of aromatic nitrogens is 1. The predicted molar refractivity (Wildman–Crippen MR) is 81.4 cm³/mol. The Balaban J connectivity index is 2.03. The molecule has 1 aromatic heterocycles. The molecule has 2 aromatic rings. The fourth-order valence-corrected chi connectivity index (χ4v) is 2.19. The predicted octanol–water partition coefficient (Wildman–Crippen LogP) is 3.70. The van der Waals surface area contributed by atoms with E-state index in [1.54, 1.807) is 42.5 Å². The summed E-state index contributed by atoms with van der Waals surface area (Å²) in [5.41, 5.74) is 1.56. The molecule has 0 N–H and O–H groups in total. The van der Waals surface area contributed by atoms with E-state index in [1.165, 1.54) is 0 Å². The Kier molecular flexibility index (Phi) is 4.99. The Morgan fingerprint density at radius 3 is 2.60 bits per heavy atom. The van der Waals surface area contributed by atoms with Crippen LogP contribution in [0, 0.1) is 0 Å². The molecule has 1 heterocycles. The summed E-state index contributed by atoms with van der Waals surface area (Å²) in [6, 6.07) is 8.76. The van der Waals surface area contributed by atoms with Crippen molar-refractivity contribution in [2.45, 2.75) is 6.42 Å². The highest BCUT2D eigenvalue weighted by Gasteiger charge is 2.15. The molecule has 5 heteroatoms. The minimum Gasteiger partial charge on any atom is -0.341 e. The first-order valence-corrected chi connectivity index (χ1v) is 6.93. The van der Waals surface area contributed by atoms with Gasteiger partial charge in [0.25, 0.3) is 5.91 Å². The molecule has 0 fully saturated rings. The van der Waals surface area contributed by atoms with Gasteiger partial charge >= 0.3 is 0 Å². The number of nitrogens with zero attached hydrogens (tertiary/aromatic N) is 2. The summed E-state index contributed by atoms with van der Waals surface area (Å²) in [6.07, 6.45) is 4.25. The first-order valence-electron chi connectivity index (χ1n) is 6.17. The third-order valence-electron chi connectivity index (χ3n) is 2.99. The van der Waals surface area contributed by atoms with Gasteiger partial charge < -0.3 is 4.90 Å². The van der Waals surface area contributed by atoms with Crippen LogP contribution in [0.5, 0.6) is 0 Å². The summed E-state index contributed by atoms with van der Waals surface area (Å²) in [7, 11) is 1.75. The zero-order valence-corrected chi connectivity index (χ0v) is 12.5. The number of carbonyl (C=O) groups excluding carboxylic acids is 1. The molecule has 0 saturated heterocycles. The van der Waals surface area contributed by atoms with Gasteiger partial charge in [0.15, 0.2) is 0 Å². The number of likely N-dealkylation sites (N-methyl/N-ethyl adjacent to an activating group) is 1. The molecular weight excluding hydrogens is 295 g/mol. The maximum absolute atomic E-state index is 12.3. The lowest BCUT2D eigenvalue weighted by Gasteiger charge is -2.18. The number of hydrogen-bond donors (Lipinski definition) is 0. The second kappa shape index (κ2) is 6.73. The third-order valence-corrected chi connectivity index (χ3v) is 3.56. The van der Waals surface area contributed by atoms with Gasteiger partial charge in [-0.1, -0.05) is 23.2 Å². The lowest BCUT2D eigenvalue weighted by atomic mass is 10.1. The van der Waals surface area contributed by atoms with Crippen molar-refractivity contribution in [2.24, 2.45) is 0 Å². The first-order chi connectivity index (χ1) is 9.58. The van der Waals surface area contributed by atoms with Gasteiger partial charge in [-0.25, -0.2) is 0 Å². The Morgan fingerprint density at radius 2 is 1.90 bits per heavy atom. The highest BCUT2D eigenvalue weighted by Crippen LogP contribution is 2.21. The maximum atomic E-state index is 12.3. The van der Waals surface area contributed by atoms with Gasteiger partial charge in [0, 0.05) is 31.0 Å². The fraction of sp³-hybridized carbons (Fsp3) is 0.200. The molecule has 1 amide bonds. The molecule has 0 bridgehead atoms. The van der Waals surface area contributed by atoms with Crippen LogP contribution in [0.1, 0.15) is 15.9 Å². The van der Waals surface area contributed by atoms with E-state index in [9.17, 15) is 4.79 Å². The van der Waals surface area contributed by atoms with E-state index >= 15 is 0 Å². The molecule has 1 aromatic carbocycles. The molecule has 104 valence electrons. The zero-order chi connectivity index (χ0) is 14.5. The SMILES string of the molecule is CN(CCc1ccncc1)C(=O)c1cc(Cl)ccc1Cl. The van der Waals surface area contributed by atoms with Crippen LogP contribution in [-0.4, -0.2) is 29.4 Å². The van der Waals surface area contributed by atoms with Crippen molar-refractivity contribution in [1.29, 1.82) is 0 Å². The van der Waals surface area contributed by atoms with E-state index in [4.69, 9.17) is 23.2 Å². The molecule has 2 rings (SSSR count). The van der Waals surface area contributed by atoms with Gasteiger partial charge in [0.05, 0.1) is 10.6 Å². The van der Waals surface area contributed by atoms with Crippen LogP contribution >= 0.6 is 23.2 Å². The second-order valence-electron chi connectivity index (χ2n) is 4.46. The number of amides is 1. The van der Waals surface area contributed by atoms with Crippen molar-refractivity contribution >= 4 is 29.1 Å². The summed E-state index contributed by atoms with van der Waals surface area (Å²) in [6.45, 7) is 0.603. The van der Waals surface area contributed by atoms with Crippen molar-refractivity contribution in [3.8, 4) is 0 Å². The van der Waals surface area contributed by atoms with Crippen LogP contribution in [0.3, 0.4) is 0 Å². The summed E-state index contributed by atoms with van der Waals surface area (Å²) in [5, 5.41) is 0.912. The highest BCUT2D eigenvalue weighted by molar-refractivity contribution is 6.35. The van der Waals surface area contributed by atoms with E-state index in [0.29, 0.717) is 22.2 Å². The van der Waals surface area contributed by atoms with Gasteiger partial charge in [-0.15, -0.1) is 0 Å². The Hall–Kier alpha value is -1.58. The first kappa shape index (κ1) is 14.8. The van der Waals surface area contributed by atoms with Crippen molar-refractivity contribution < 1.29 is 4.79 Å². The number of hydrogen-bond acceptors (Lipinski definition) is 2. The van der Waals surface area contributed by atoms with Crippen molar-refractivity contribution in [3.05, 3.63) is 63.9 Å². The van der Waals surface area contributed by atoms with Gasteiger partial charge in [0.1, 0.15) is 0 Å². The van der Waals surface area contributed by atoms with Crippen LogP contribution in [0.4, 0.5) is 0 Å². The van der Waals surface area contributed by atoms with Gasteiger partial charge in [-0.2, -0.15) is 0 Å². The number of carbonyl (C=O) groups is 1. The average Bonchev–Trinajstić information content (AvgIpc) is 2.47. The summed E-state index contributed by atoms with van der Waals surface area (Å²) in [4.78, 5) is 17.9. The molecule has 0 aliphatic rings. The van der Waals surface area contributed by atoms with Crippen molar-refractivity contribution in [1.82, 2.24) is 9.88 Å². The standard InChI is InChI=1S/C15H14Cl2N2O/c1-19(9-6-11-4-7-18-8-5-11)15(20)13-10-12(16)2-3-14(13)17/h2-5,7-8,10H,6,9H2,1H3. The number of rotatable bonds is 4. The van der Waals surface area contributed by atoms with Crippen LogP contribution in [0.15, 0.2) is 42.7 Å². The summed E-state index contributed by atoms with van der Waals surface area (Å²) in [5.74, 6) is -0.133. The van der Waals surface area contributed by atoms with Crippen LogP contribution < -0.4 is 0 Å². The lowest BCUT2D eigenvalue weighted by molar-refractivity contribution is 0.0797. The van der Waals surface area contributed by atoms with E-state index in [1.807, 2.05) is 12.1 Å². The molecule has 3 nitrogen and oxygen atoms in total. The monoisotopic (exact) mass is 308 g/mol. The normalized spacial score (nSPS) is 10.3. The van der Waals surface area contributed by atoms with Gasteiger partial charge in [-0.3, -0.25) is 9.78 Å². The molecular formula is C15H14Cl2N2O. The average molecular weight is 309 g/mol. The van der Waals surface area contributed by atoms with Crippen LogP contribution in [-0.2, 0) is 6.42 Å². The lowest BCUT2D eigenvalue weighted by Crippen LogP contribution is -2.29. The minimum atomic E-state index is -0.133. The number of halogens is 2. The highest BCUT2D eigenvalue weighted by atomic mass is 35.5. The quantitative estimate of drug-likeness (QED) is 0.863. The number of benzene rings is 1. The molecule has 0 spiro atoms. The van der Waals surface area contributed by atoms with Crippen molar-refractivity contribution in [2.75, 3.05) is 13.6 Å². The van der Waals surface area contributed by atoms with E-state index in [0.717, 1.165) is 12.0 Å². The fourth-order valence-electron chi connectivity index (χ4n) is 1.81. The Labute approximate surface area is 128 Å². The third kappa shape index (κ3) is 3.71. The summed E-state index contributed by atoms with van der Waals surface area (Å²) < 4.78 is 0. The topological polar surface area (TPSA) is 33.2 Å². The van der Waals surface area contributed by atoms with E-state index in [-0.39, 0.29) is 5.91 Å². The Morgan fingerprint density at radius 1 is 1.20 bits per heavy atom. The molecule has 0 aliphatic carbocycles. The zero-order valence-electron chi connectivity index (χ0n) is 11.0. The largest absolute Gasteiger partial charge is 0.341 e. The van der Waals surface area contributed by atoms with Crippen LogP contribution in [0.25, 0.3) is 0 Å². The number of pyridine rings is 1. The second-order valence-corrected chi connectivity index (χ2v) is 5.30. The summed E-state index contributed by atoms with van der Waals surface area (Å²) >= 11 is 11.9. The maximum Gasteiger partial charge on any atom is 0.255 e. The van der Waals surface area contributed by atoms with Gasteiger partial charge in [-0.05, 0) is 42.3 Å². The smallest absolute Gasteiger partial charge is 0.255 e. The van der Waals surface area contributed by atoms with E-state index < -0.39 is 0 Å². The molecule has 0 radical (unpaired) electrons. The molecule has 0 saturated carbocycles. The molecule has 0 unspecified atom stereocenters. The van der Waals surface area contributed by atoms with Gasteiger partial charge in [0.2, 0.25) is 0 Å².